The molecule has 0 fully saturated rings. The highest BCUT2D eigenvalue weighted by Crippen LogP contribution is 2.50. The Morgan fingerprint density at radius 3 is 2.53 bits per heavy atom. The molecule has 2 aliphatic heterocycles. The van der Waals surface area contributed by atoms with E-state index < -0.39 is 11.6 Å². The molecule has 6 nitrogen and oxygen atoms in total. The first-order valence-electron chi connectivity index (χ1n) is 12.7. The van der Waals surface area contributed by atoms with E-state index in [1.807, 2.05) is 65.6 Å². The average Bonchev–Trinajstić information content (AvgIpc) is 3.32. The maximum atomic E-state index is 14.2. The van der Waals surface area contributed by atoms with Crippen LogP contribution in [-0.4, -0.2) is 42.2 Å². The van der Waals surface area contributed by atoms with Crippen molar-refractivity contribution in [2.24, 2.45) is 4.99 Å². The molecular weight excluding hydrogens is 452 g/mol. The summed E-state index contributed by atoms with van der Waals surface area (Å²) in [6.45, 7) is 3.28. The molecular formula is C30H32N2O4. The topological polar surface area (TPSA) is 71.4 Å². The zero-order valence-corrected chi connectivity index (χ0v) is 20.6. The number of rotatable bonds is 10. The minimum atomic E-state index is -1.02. The first kappa shape index (κ1) is 24.1. The summed E-state index contributed by atoms with van der Waals surface area (Å²) in [4.78, 5) is 21.1. The Bertz CT molecular complexity index is 1230. The molecule has 0 aromatic heterocycles. The highest BCUT2D eigenvalue weighted by molar-refractivity contribution is 6.08. The van der Waals surface area contributed by atoms with Gasteiger partial charge in [-0.15, -0.1) is 0 Å². The number of hydrogen-bond donors (Lipinski definition) is 1. The third-order valence-electron chi connectivity index (χ3n) is 6.85. The van der Waals surface area contributed by atoms with Crippen molar-refractivity contribution in [1.82, 2.24) is 0 Å². The number of aliphatic hydroxyl groups excluding tert-OH is 1. The van der Waals surface area contributed by atoms with Crippen molar-refractivity contribution in [2.75, 3.05) is 24.7 Å². The Balaban J connectivity index is 1.52. The van der Waals surface area contributed by atoms with Gasteiger partial charge in [-0.05, 0) is 55.2 Å². The fraction of sp³-hybridized carbons (Fsp3) is 0.333. The lowest BCUT2D eigenvalue weighted by Gasteiger charge is -2.41. The first-order chi connectivity index (χ1) is 17.7. The van der Waals surface area contributed by atoms with E-state index in [1.165, 1.54) is 5.56 Å². The molecule has 1 N–H and O–H groups in total. The van der Waals surface area contributed by atoms with Crippen molar-refractivity contribution >= 4 is 17.5 Å². The van der Waals surface area contributed by atoms with E-state index in [-0.39, 0.29) is 12.5 Å². The molecule has 2 aliphatic rings. The lowest BCUT2D eigenvalue weighted by Crippen LogP contribution is -2.54. The standard InChI is InChI=1S/C30H32N2O4/c1-2-19-32-26-12-7-6-11-25(26)27-30(29(32)34,18-17-22-9-4-3-5-10-22)31-28(36-27)23-13-15-24(16-14-23)35-21-8-20-33/h3-7,9-16,27,33H,2,8,17-21H2,1H3. The maximum absolute atomic E-state index is 14.2. The Hall–Kier alpha value is -3.64. The Kier molecular flexibility index (Phi) is 7.05. The summed E-state index contributed by atoms with van der Waals surface area (Å²) in [6.07, 6.45) is 2.24. The number of carbonyl (C=O) groups excluding carboxylic acids is 1. The monoisotopic (exact) mass is 484 g/mol. The quantitative estimate of drug-likeness (QED) is 0.407. The van der Waals surface area contributed by atoms with Gasteiger partial charge in [0.25, 0.3) is 5.91 Å². The van der Waals surface area contributed by atoms with E-state index in [0.717, 1.165) is 35.4 Å². The molecule has 2 heterocycles. The predicted octanol–water partition coefficient (Wildman–Crippen LogP) is 5.09. The number of aryl methyl sites for hydroxylation is 1. The third kappa shape index (κ3) is 4.49. The number of hydrogen-bond acceptors (Lipinski definition) is 5. The Labute approximate surface area is 212 Å². The molecule has 2 unspecified atom stereocenters. The number of amides is 1. The summed E-state index contributed by atoms with van der Waals surface area (Å²) in [5, 5.41) is 8.97. The van der Waals surface area contributed by atoms with Crippen molar-refractivity contribution < 1.29 is 19.4 Å². The molecule has 1 amide bonds. The molecule has 0 saturated heterocycles. The van der Waals surface area contributed by atoms with Gasteiger partial charge < -0.3 is 19.5 Å². The van der Waals surface area contributed by atoms with Gasteiger partial charge in [-0.25, -0.2) is 4.99 Å². The lowest BCUT2D eigenvalue weighted by atomic mass is 9.78. The van der Waals surface area contributed by atoms with Gasteiger partial charge in [-0.3, -0.25) is 4.79 Å². The summed E-state index contributed by atoms with van der Waals surface area (Å²) in [5.41, 5.74) is 2.87. The third-order valence-corrected chi connectivity index (χ3v) is 6.85. The largest absolute Gasteiger partial charge is 0.494 e. The van der Waals surface area contributed by atoms with Crippen LogP contribution < -0.4 is 9.64 Å². The SMILES string of the molecule is CCCN1C(=O)C2(CCc3ccccc3)N=C(c3ccc(OCCCO)cc3)OC2c2ccccc21. The van der Waals surface area contributed by atoms with Gasteiger partial charge in [0.2, 0.25) is 5.90 Å². The van der Waals surface area contributed by atoms with Crippen LogP contribution in [0.1, 0.15) is 49.0 Å². The minimum absolute atomic E-state index is 0.00272. The van der Waals surface area contributed by atoms with Crippen molar-refractivity contribution in [3.63, 3.8) is 0 Å². The highest BCUT2D eigenvalue weighted by atomic mass is 16.5. The number of carbonyl (C=O) groups is 1. The molecule has 2 atom stereocenters. The number of nitrogens with zero attached hydrogens (tertiary/aromatic N) is 2. The molecule has 0 spiro atoms. The van der Waals surface area contributed by atoms with Crippen LogP contribution in [0.5, 0.6) is 5.75 Å². The zero-order valence-electron chi connectivity index (χ0n) is 20.6. The highest BCUT2D eigenvalue weighted by Gasteiger charge is 2.58. The summed E-state index contributed by atoms with van der Waals surface area (Å²) in [5.74, 6) is 1.21. The van der Waals surface area contributed by atoms with Crippen molar-refractivity contribution in [1.29, 1.82) is 0 Å². The van der Waals surface area contributed by atoms with Crippen molar-refractivity contribution in [3.8, 4) is 5.75 Å². The number of para-hydroxylation sites is 1. The molecule has 0 bridgehead atoms. The van der Waals surface area contributed by atoms with Crippen LogP contribution >= 0.6 is 0 Å². The lowest BCUT2D eigenvalue weighted by molar-refractivity contribution is -0.127. The van der Waals surface area contributed by atoms with Crippen LogP contribution in [0.3, 0.4) is 0 Å². The second kappa shape index (κ2) is 10.5. The van der Waals surface area contributed by atoms with Crippen LogP contribution in [-0.2, 0) is 16.0 Å². The summed E-state index contributed by atoms with van der Waals surface area (Å²) < 4.78 is 12.2. The van der Waals surface area contributed by atoms with Crippen LogP contribution in [0, 0.1) is 0 Å². The van der Waals surface area contributed by atoms with Gasteiger partial charge >= 0.3 is 0 Å². The van der Waals surface area contributed by atoms with E-state index in [9.17, 15) is 4.79 Å². The molecule has 3 aromatic rings. The van der Waals surface area contributed by atoms with Crippen LogP contribution in [0.15, 0.2) is 83.9 Å². The number of aliphatic imine (C=N–C) groups is 1. The van der Waals surface area contributed by atoms with Crippen molar-refractivity contribution in [2.45, 2.75) is 44.2 Å². The first-order valence-corrected chi connectivity index (χ1v) is 12.7. The van der Waals surface area contributed by atoms with Gasteiger partial charge in [0.1, 0.15) is 5.75 Å². The fourth-order valence-corrected chi connectivity index (χ4v) is 5.05. The summed E-state index contributed by atoms with van der Waals surface area (Å²) in [7, 11) is 0. The summed E-state index contributed by atoms with van der Waals surface area (Å²) >= 11 is 0. The predicted molar refractivity (Wildman–Crippen MR) is 141 cm³/mol. The van der Waals surface area contributed by atoms with Gasteiger partial charge in [-0.2, -0.15) is 0 Å². The molecule has 0 saturated carbocycles. The zero-order chi connectivity index (χ0) is 25.0. The maximum Gasteiger partial charge on any atom is 0.259 e. The number of aliphatic hydroxyl groups is 1. The van der Waals surface area contributed by atoms with Crippen LogP contribution in [0.2, 0.25) is 0 Å². The van der Waals surface area contributed by atoms with Gasteiger partial charge in [0.15, 0.2) is 11.6 Å². The smallest absolute Gasteiger partial charge is 0.259 e. The van der Waals surface area contributed by atoms with Gasteiger partial charge in [-0.1, -0.05) is 55.5 Å². The molecule has 36 heavy (non-hydrogen) atoms. The molecule has 6 heteroatoms. The van der Waals surface area contributed by atoms with E-state index in [2.05, 4.69) is 25.1 Å². The van der Waals surface area contributed by atoms with E-state index in [0.29, 0.717) is 31.9 Å². The van der Waals surface area contributed by atoms with E-state index >= 15 is 0 Å². The minimum Gasteiger partial charge on any atom is -0.494 e. The van der Waals surface area contributed by atoms with Gasteiger partial charge in [0.05, 0.1) is 12.3 Å². The molecule has 0 radical (unpaired) electrons. The summed E-state index contributed by atoms with van der Waals surface area (Å²) in [6, 6.07) is 25.8. The number of anilines is 1. The number of fused-ring (bicyclic) bond motifs is 3. The van der Waals surface area contributed by atoms with E-state index in [1.54, 1.807) is 0 Å². The van der Waals surface area contributed by atoms with E-state index in [4.69, 9.17) is 19.6 Å². The number of benzene rings is 3. The second-order valence-electron chi connectivity index (χ2n) is 9.29. The Morgan fingerprint density at radius 2 is 1.78 bits per heavy atom. The molecule has 5 rings (SSSR count). The van der Waals surface area contributed by atoms with Crippen molar-refractivity contribution in [3.05, 3.63) is 95.6 Å². The molecule has 186 valence electrons. The van der Waals surface area contributed by atoms with Crippen LogP contribution in [0.4, 0.5) is 5.69 Å². The van der Waals surface area contributed by atoms with Gasteiger partial charge in [0, 0.05) is 30.7 Å². The normalized spacial score (nSPS) is 20.4. The average molecular weight is 485 g/mol. The molecule has 3 aromatic carbocycles. The fourth-order valence-electron chi connectivity index (χ4n) is 5.05. The molecule has 0 aliphatic carbocycles. The van der Waals surface area contributed by atoms with Crippen LogP contribution in [0.25, 0.3) is 0 Å². The Morgan fingerprint density at radius 1 is 1.03 bits per heavy atom. The number of ether oxygens (including phenoxy) is 2. The second-order valence-corrected chi connectivity index (χ2v) is 9.29.